The molecule has 4 rings (SSSR count). The summed E-state index contributed by atoms with van der Waals surface area (Å²) in [7, 11) is -3.84. The lowest BCUT2D eigenvalue weighted by Gasteiger charge is -2.17. The Labute approximate surface area is 183 Å². The number of esters is 1. The van der Waals surface area contributed by atoms with E-state index in [9.17, 15) is 22.8 Å². The minimum atomic E-state index is -3.84. The number of nitrogens with zero attached hydrogens (tertiary/aromatic N) is 1. The maximum Gasteiger partial charge on any atom is 0.325 e. The van der Waals surface area contributed by atoms with E-state index in [0.29, 0.717) is 35.7 Å². The quantitative estimate of drug-likeness (QED) is 0.567. The van der Waals surface area contributed by atoms with Gasteiger partial charge in [-0.3, -0.25) is 14.4 Å². The molecule has 0 radical (unpaired) electrons. The zero-order valence-electron chi connectivity index (χ0n) is 16.7. The number of fused-ring (bicyclic) bond motifs is 2. The highest BCUT2D eigenvalue weighted by Crippen LogP contribution is 2.32. The van der Waals surface area contributed by atoms with E-state index in [1.807, 2.05) is 0 Å². The molecular formula is C20H19N3O8S. The summed E-state index contributed by atoms with van der Waals surface area (Å²) in [5.74, 6) is -0.790. The largest absolute Gasteiger partial charge is 0.454 e. The Morgan fingerprint density at radius 3 is 2.66 bits per heavy atom. The second kappa shape index (κ2) is 8.48. The second-order valence-electron chi connectivity index (χ2n) is 7.04. The smallest absolute Gasteiger partial charge is 0.325 e. The van der Waals surface area contributed by atoms with Crippen molar-refractivity contribution in [1.82, 2.24) is 5.32 Å². The minimum Gasteiger partial charge on any atom is -0.454 e. The van der Waals surface area contributed by atoms with Gasteiger partial charge < -0.3 is 24.4 Å². The Morgan fingerprint density at radius 2 is 1.88 bits per heavy atom. The number of carbonyl (C=O) groups excluding carboxylic acids is 3. The number of hydrogen-bond donors (Lipinski definition) is 2. The van der Waals surface area contributed by atoms with Crippen molar-refractivity contribution in [2.75, 3.05) is 31.4 Å². The number of rotatable bonds is 6. The van der Waals surface area contributed by atoms with Gasteiger partial charge in [-0.25, -0.2) is 13.6 Å². The van der Waals surface area contributed by atoms with Gasteiger partial charge in [0.15, 0.2) is 18.1 Å². The highest BCUT2D eigenvalue weighted by Gasteiger charge is 2.27. The van der Waals surface area contributed by atoms with E-state index >= 15 is 0 Å². The number of nitrogens with one attached hydrogen (secondary N) is 1. The average Bonchev–Trinajstić information content (AvgIpc) is 3.40. The summed E-state index contributed by atoms with van der Waals surface area (Å²) in [6, 6.07) is 8.86. The highest BCUT2D eigenvalue weighted by molar-refractivity contribution is 7.89. The summed E-state index contributed by atoms with van der Waals surface area (Å²) in [4.78, 5) is 38.0. The first-order chi connectivity index (χ1) is 15.2. The summed E-state index contributed by atoms with van der Waals surface area (Å²) >= 11 is 0. The first-order valence-corrected chi connectivity index (χ1v) is 11.1. The lowest BCUT2D eigenvalue weighted by Crippen LogP contribution is -2.36. The monoisotopic (exact) mass is 461 g/mol. The Kier molecular flexibility index (Phi) is 5.72. The van der Waals surface area contributed by atoms with Crippen LogP contribution in [0.5, 0.6) is 11.5 Å². The lowest BCUT2D eigenvalue weighted by molar-refractivity contribution is -0.146. The molecule has 12 heteroatoms. The molecule has 2 aliphatic heterocycles. The summed E-state index contributed by atoms with van der Waals surface area (Å²) in [6.07, 6.45) is 0.448. The number of anilines is 1. The number of benzene rings is 2. The van der Waals surface area contributed by atoms with Crippen molar-refractivity contribution in [3.63, 3.8) is 0 Å². The molecule has 0 spiro atoms. The van der Waals surface area contributed by atoms with Crippen LogP contribution in [0.3, 0.4) is 0 Å². The van der Waals surface area contributed by atoms with Gasteiger partial charge in [-0.15, -0.1) is 0 Å². The SMILES string of the molecule is NS(=O)(=O)c1ccc2c(c1)CCN2C(=O)COC(=O)CNC(=O)c1ccc2c(c1)OCO2. The number of carbonyl (C=O) groups is 3. The van der Waals surface area contributed by atoms with Gasteiger partial charge in [0.2, 0.25) is 16.8 Å². The number of ether oxygens (including phenoxy) is 3. The fourth-order valence-electron chi connectivity index (χ4n) is 3.38. The molecule has 3 N–H and O–H groups in total. The van der Waals surface area contributed by atoms with Gasteiger partial charge in [-0.2, -0.15) is 0 Å². The van der Waals surface area contributed by atoms with Crippen molar-refractivity contribution in [1.29, 1.82) is 0 Å². The molecule has 0 fully saturated rings. The van der Waals surface area contributed by atoms with Crippen LogP contribution in [0.25, 0.3) is 0 Å². The molecule has 0 saturated carbocycles. The van der Waals surface area contributed by atoms with Crippen LogP contribution in [0.2, 0.25) is 0 Å². The molecule has 32 heavy (non-hydrogen) atoms. The molecule has 0 saturated heterocycles. The molecule has 0 atom stereocenters. The molecule has 0 aromatic heterocycles. The van der Waals surface area contributed by atoms with E-state index in [0.717, 1.165) is 0 Å². The van der Waals surface area contributed by atoms with Crippen LogP contribution in [-0.4, -0.2) is 52.7 Å². The van der Waals surface area contributed by atoms with Crippen LogP contribution in [0.4, 0.5) is 5.69 Å². The standard InChI is InChI=1S/C20H19N3O8S/c21-32(27,28)14-2-3-15-12(7-14)5-6-23(15)18(24)10-29-19(25)9-22-20(26)13-1-4-16-17(8-13)31-11-30-16/h1-4,7-8H,5-6,9-11H2,(H,22,26)(H2,21,27,28). The topological polar surface area (TPSA) is 154 Å². The molecule has 11 nitrogen and oxygen atoms in total. The normalized spacial score (nSPS) is 14.1. The van der Waals surface area contributed by atoms with Crippen molar-refractivity contribution in [2.45, 2.75) is 11.3 Å². The van der Waals surface area contributed by atoms with Gasteiger partial charge in [-0.1, -0.05) is 0 Å². The lowest BCUT2D eigenvalue weighted by atomic mass is 10.2. The maximum absolute atomic E-state index is 12.5. The number of primary sulfonamides is 1. The van der Waals surface area contributed by atoms with Crippen LogP contribution < -0.4 is 24.8 Å². The van der Waals surface area contributed by atoms with Gasteiger partial charge in [0, 0.05) is 17.8 Å². The number of nitrogens with two attached hydrogens (primary N) is 1. The third-order valence-corrected chi connectivity index (χ3v) is 5.87. The summed E-state index contributed by atoms with van der Waals surface area (Å²) in [5, 5.41) is 7.55. The van der Waals surface area contributed by atoms with E-state index in [4.69, 9.17) is 19.3 Å². The van der Waals surface area contributed by atoms with Crippen LogP contribution in [0.1, 0.15) is 15.9 Å². The fourth-order valence-corrected chi connectivity index (χ4v) is 3.94. The Hall–Kier alpha value is -3.64. The van der Waals surface area contributed by atoms with E-state index in [-0.39, 0.29) is 17.3 Å². The van der Waals surface area contributed by atoms with Crippen LogP contribution >= 0.6 is 0 Å². The first-order valence-electron chi connectivity index (χ1n) is 9.52. The van der Waals surface area contributed by atoms with Gasteiger partial charge in [0.05, 0.1) is 4.90 Å². The van der Waals surface area contributed by atoms with Gasteiger partial charge >= 0.3 is 5.97 Å². The highest BCUT2D eigenvalue weighted by atomic mass is 32.2. The van der Waals surface area contributed by atoms with Crippen molar-refractivity contribution >= 4 is 33.5 Å². The van der Waals surface area contributed by atoms with Crippen molar-refractivity contribution in [2.24, 2.45) is 5.14 Å². The van der Waals surface area contributed by atoms with Crippen molar-refractivity contribution in [3.8, 4) is 11.5 Å². The molecule has 168 valence electrons. The van der Waals surface area contributed by atoms with Gasteiger partial charge in [0.25, 0.3) is 11.8 Å². The zero-order chi connectivity index (χ0) is 22.9. The predicted molar refractivity (Wildman–Crippen MR) is 110 cm³/mol. The third-order valence-electron chi connectivity index (χ3n) is 4.96. The van der Waals surface area contributed by atoms with E-state index in [1.54, 1.807) is 6.07 Å². The van der Waals surface area contributed by atoms with Gasteiger partial charge in [0.1, 0.15) is 6.54 Å². The maximum atomic E-state index is 12.5. The number of hydrogen-bond acceptors (Lipinski definition) is 8. The molecule has 0 unspecified atom stereocenters. The first kappa shape index (κ1) is 21.6. The Balaban J connectivity index is 1.28. The molecule has 2 aromatic carbocycles. The summed E-state index contributed by atoms with van der Waals surface area (Å²) in [5.41, 5.74) is 1.48. The molecular weight excluding hydrogens is 442 g/mol. The van der Waals surface area contributed by atoms with Crippen LogP contribution in [0, 0.1) is 0 Å². The molecule has 2 aliphatic rings. The van der Waals surface area contributed by atoms with Crippen molar-refractivity contribution in [3.05, 3.63) is 47.5 Å². The Bertz CT molecular complexity index is 1210. The minimum absolute atomic E-state index is 0.0322. The molecule has 0 aliphatic carbocycles. The van der Waals surface area contributed by atoms with Gasteiger partial charge in [-0.05, 0) is 48.4 Å². The Morgan fingerprint density at radius 1 is 1.09 bits per heavy atom. The van der Waals surface area contributed by atoms with Crippen LogP contribution in [0.15, 0.2) is 41.3 Å². The summed E-state index contributed by atoms with van der Waals surface area (Å²) < 4.78 is 38.3. The zero-order valence-corrected chi connectivity index (χ0v) is 17.5. The molecule has 2 aromatic rings. The molecule has 0 bridgehead atoms. The predicted octanol–water partition coefficient (Wildman–Crippen LogP) is -0.0750. The van der Waals surface area contributed by atoms with Crippen molar-refractivity contribution < 1.29 is 37.0 Å². The van der Waals surface area contributed by atoms with E-state index in [1.165, 1.54) is 35.2 Å². The third kappa shape index (κ3) is 4.50. The number of sulfonamides is 1. The summed E-state index contributed by atoms with van der Waals surface area (Å²) in [6.45, 7) is -0.542. The fraction of sp³-hybridized carbons (Fsp3) is 0.250. The van der Waals surface area contributed by atoms with E-state index in [2.05, 4.69) is 5.32 Å². The van der Waals surface area contributed by atoms with Crippen LogP contribution in [-0.2, 0) is 30.8 Å². The van der Waals surface area contributed by atoms with E-state index < -0.39 is 41.0 Å². The molecule has 2 heterocycles. The number of amides is 2. The second-order valence-corrected chi connectivity index (χ2v) is 8.60. The average molecular weight is 461 g/mol. The molecule has 2 amide bonds.